The average molecular weight is 300 g/mol. The quantitative estimate of drug-likeness (QED) is 0.550. The molecule has 1 aromatic heterocycles. The first-order valence-electron chi connectivity index (χ1n) is 6.18. The lowest BCUT2D eigenvalue weighted by atomic mass is 10.2. The zero-order valence-corrected chi connectivity index (χ0v) is 12.6. The Bertz CT molecular complexity index is 499. The molecule has 1 aromatic rings. The third-order valence-electron chi connectivity index (χ3n) is 2.46. The summed E-state index contributed by atoms with van der Waals surface area (Å²) < 4.78 is 5.39. The van der Waals surface area contributed by atoms with Crippen LogP contribution in [0, 0.1) is 0 Å². The second kappa shape index (κ2) is 7.11. The first-order valence-corrected chi connectivity index (χ1v) is 6.99. The van der Waals surface area contributed by atoms with Crippen molar-refractivity contribution in [3.63, 3.8) is 0 Å². The molecule has 0 aliphatic carbocycles. The number of rotatable bonds is 7. The number of nitrogens with one attached hydrogen (secondary N) is 2. The van der Waals surface area contributed by atoms with E-state index in [2.05, 4.69) is 10.6 Å². The molecule has 0 radical (unpaired) electrons. The van der Waals surface area contributed by atoms with Crippen molar-refractivity contribution in [1.82, 2.24) is 5.32 Å². The Morgan fingerprint density at radius 3 is 2.55 bits per heavy atom. The lowest BCUT2D eigenvalue weighted by molar-refractivity contribution is 0.0869. The summed E-state index contributed by atoms with van der Waals surface area (Å²) in [5.74, 6) is -1.01. The van der Waals surface area contributed by atoms with E-state index >= 15 is 0 Å². The minimum Gasteiger partial charge on any atom is -0.397 e. The maximum atomic E-state index is 11.8. The number of nitrogens with two attached hydrogens (primary N) is 2. The van der Waals surface area contributed by atoms with Gasteiger partial charge in [-0.05, 0) is 13.8 Å². The van der Waals surface area contributed by atoms with Crippen LogP contribution in [0.25, 0.3) is 0 Å². The van der Waals surface area contributed by atoms with E-state index in [1.807, 2.05) is 13.8 Å². The number of carbonyl (C=O) groups excluding carboxylic acids is 2. The minimum absolute atomic E-state index is 0.106. The third-order valence-corrected chi connectivity index (χ3v) is 3.64. The van der Waals surface area contributed by atoms with Crippen molar-refractivity contribution in [3.8, 4) is 0 Å². The van der Waals surface area contributed by atoms with E-state index in [0.29, 0.717) is 18.2 Å². The monoisotopic (exact) mass is 300 g/mol. The highest BCUT2D eigenvalue weighted by atomic mass is 32.1. The van der Waals surface area contributed by atoms with Gasteiger partial charge in [0, 0.05) is 13.6 Å². The number of ether oxygens (including phenoxy) is 1. The Labute approximate surface area is 121 Å². The summed E-state index contributed by atoms with van der Waals surface area (Å²) in [7, 11) is 1.50. The van der Waals surface area contributed by atoms with Crippen LogP contribution in [0.2, 0.25) is 0 Å². The summed E-state index contributed by atoms with van der Waals surface area (Å²) in [4.78, 5) is 23.3. The molecule has 1 heterocycles. The molecule has 0 fully saturated rings. The molecule has 8 heteroatoms. The fourth-order valence-electron chi connectivity index (χ4n) is 1.56. The Balaban J connectivity index is 2.90. The van der Waals surface area contributed by atoms with Crippen molar-refractivity contribution in [2.24, 2.45) is 5.73 Å². The van der Waals surface area contributed by atoms with Crippen molar-refractivity contribution in [1.29, 1.82) is 0 Å². The van der Waals surface area contributed by atoms with Crippen LogP contribution in [0.1, 0.15) is 33.9 Å². The zero-order valence-electron chi connectivity index (χ0n) is 11.8. The molecule has 0 saturated heterocycles. The summed E-state index contributed by atoms with van der Waals surface area (Å²) in [5.41, 5.74) is 11.4. The zero-order chi connectivity index (χ0) is 15.3. The SMILES string of the molecule is CNC(=O)c1c(NCCOC(C)C)sc(C(N)=O)c1N. The van der Waals surface area contributed by atoms with E-state index in [9.17, 15) is 9.59 Å². The number of nitrogen functional groups attached to an aromatic ring is 1. The minimum atomic E-state index is -0.649. The van der Waals surface area contributed by atoms with Gasteiger partial charge in [-0.2, -0.15) is 0 Å². The van der Waals surface area contributed by atoms with Gasteiger partial charge in [-0.25, -0.2) is 0 Å². The fourth-order valence-corrected chi connectivity index (χ4v) is 2.56. The molecule has 0 atom stereocenters. The van der Waals surface area contributed by atoms with Gasteiger partial charge in [0.05, 0.1) is 24.0 Å². The molecule has 20 heavy (non-hydrogen) atoms. The molecule has 0 aliphatic heterocycles. The van der Waals surface area contributed by atoms with Crippen LogP contribution >= 0.6 is 11.3 Å². The van der Waals surface area contributed by atoms with Gasteiger partial charge in [0.15, 0.2) is 0 Å². The van der Waals surface area contributed by atoms with Gasteiger partial charge in [0.1, 0.15) is 9.88 Å². The van der Waals surface area contributed by atoms with Gasteiger partial charge in [0.25, 0.3) is 11.8 Å². The second-order valence-electron chi connectivity index (χ2n) is 4.34. The molecule has 112 valence electrons. The maximum absolute atomic E-state index is 11.8. The van der Waals surface area contributed by atoms with Crippen molar-refractivity contribution >= 4 is 33.8 Å². The number of carbonyl (C=O) groups is 2. The first-order chi connectivity index (χ1) is 9.38. The predicted molar refractivity (Wildman–Crippen MR) is 80.2 cm³/mol. The van der Waals surface area contributed by atoms with Crippen molar-refractivity contribution < 1.29 is 14.3 Å². The van der Waals surface area contributed by atoms with Crippen molar-refractivity contribution in [2.75, 3.05) is 31.2 Å². The normalized spacial score (nSPS) is 10.6. The van der Waals surface area contributed by atoms with E-state index in [4.69, 9.17) is 16.2 Å². The second-order valence-corrected chi connectivity index (χ2v) is 5.36. The van der Waals surface area contributed by atoms with Crippen LogP contribution in [-0.2, 0) is 4.74 Å². The Morgan fingerprint density at radius 2 is 2.05 bits per heavy atom. The Kier molecular flexibility index (Phi) is 5.78. The summed E-state index contributed by atoms with van der Waals surface area (Å²) in [6, 6.07) is 0. The number of thiophene rings is 1. The third kappa shape index (κ3) is 3.84. The summed E-state index contributed by atoms with van der Waals surface area (Å²) >= 11 is 1.07. The average Bonchev–Trinajstić information content (AvgIpc) is 2.71. The molecule has 0 bridgehead atoms. The van der Waals surface area contributed by atoms with Gasteiger partial charge in [-0.3, -0.25) is 9.59 Å². The molecule has 0 aliphatic rings. The molecule has 2 amide bonds. The van der Waals surface area contributed by atoms with Gasteiger partial charge in [-0.15, -0.1) is 11.3 Å². The molecular weight excluding hydrogens is 280 g/mol. The number of anilines is 2. The van der Waals surface area contributed by atoms with E-state index in [-0.39, 0.29) is 28.1 Å². The summed E-state index contributed by atoms with van der Waals surface area (Å²) in [6.07, 6.45) is 0.129. The lowest BCUT2D eigenvalue weighted by Crippen LogP contribution is -2.21. The van der Waals surface area contributed by atoms with Crippen LogP contribution in [0.4, 0.5) is 10.7 Å². The molecular formula is C12H20N4O3S. The Morgan fingerprint density at radius 1 is 1.40 bits per heavy atom. The summed E-state index contributed by atoms with van der Waals surface area (Å²) in [5, 5.41) is 6.05. The van der Waals surface area contributed by atoms with Crippen molar-refractivity contribution in [2.45, 2.75) is 20.0 Å². The molecule has 0 saturated carbocycles. The highest BCUT2D eigenvalue weighted by Crippen LogP contribution is 2.35. The number of primary amides is 1. The maximum Gasteiger partial charge on any atom is 0.260 e. The lowest BCUT2D eigenvalue weighted by Gasteiger charge is -2.09. The van der Waals surface area contributed by atoms with E-state index in [1.165, 1.54) is 7.05 Å². The van der Waals surface area contributed by atoms with Crippen LogP contribution in [-0.4, -0.2) is 38.1 Å². The van der Waals surface area contributed by atoms with Crippen LogP contribution in [0.15, 0.2) is 0 Å². The van der Waals surface area contributed by atoms with Gasteiger partial charge < -0.3 is 26.8 Å². The molecule has 0 unspecified atom stereocenters. The van der Waals surface area contributed by atoms with E-state index in [0.717, 1.165) is 11.3 Å². The Hall–Kier alpha value is -1.80. The van der Waals surface area contributed by atoms with E-state index < -0.39 is 5.91 Å². The molecule has 0 spiro atoms. The standard InChI is InChI=1S/C12H20N4O3S/c1-6(2)19-5-4-16-12-7(11(18)15-3)8(13)9(20-12)10(14)17/h6,16H,4-5,13H2,1-3H3,(H2,14,17)(H,15,18). The van der Waals surface area contributed by atoms with Gasteiger partial charge in [0.2, 0.25) is 0 Å². The van der Waals surface area contributed by atoms with Gasteiger partial charge in [-0.1, -0.05) is 0 Å². The number of hydrogen-bond acceptors (Lipinski definition) is 6. The smallest absolute Gasteiger partial charge is 0.260 e. The summed E-state index contributed by atoms with van der Waals surface area (Å²) in [6.45, 7) is 4.85. The molecule has 6 N–H and O–H groups in total. The van der Waals surface area contributed by atoms with Crippen LogP contribution in [0.5, 0.6) is 0 Å². The van der Waals surface area contributed by atoms with Crippen molar-refractivity contribution in [3.05, 3.63) is 10.4 Å². The predicted octanol–water partition coefficient (Wildman–Crippen LogP) is 0.626. The largest absolute Gasteiger partial charge is 0.397 e. The first kappa shape index (κ1) is 16.3. The fraction of sp³-hybridized carbons (Fsp3) is 0.500. The molecule has 7 nitrogen and oxygen atoms in total. The highest BCUT2D eigenvalue weighted by Gasteiger charge is 2.23. The van der Waals surface area contributed by atoms with Crippen LogP contribution in [0.3, 0.4) is 0 Å². The number of hydrogen-bond donors (Lipinski definition) is 4. The van der Waals surface area contributed by atoms with E-state index in [1.54, 1.807) is 0 Å². The molecule has 1 rings (SSSR count). The van der Waals surface area contributed by atoms with Crippen LogP contribution < -0.4 is 22.1 Å². The van der Waals surface area contributed by atoms with Gasteiger partial charge >= 0.3 is 0 Å². The number of amides is 2. The molecule has 0 aromatic carbocycles. The topological polar surface area (TPSA) is 119 Å². The highest BCUT2D eigenvalue weighted by molar-refractivity contribution is 7.19.